The first-order chi connectivity index (χ1) is 16.2. The van der Waals surface area contributed by atoms with E-state index in [0.29, 0.717) is 24.6 Å². The van der Waals surface area contributed by atoms with Crippen molar-refractivity contribution < 1.29 is 24.1 Å². The second-order valence-electron chi connectivity index (χ2n) is 6.57. The van der Waals surface area contributed by atoms with Crippen molar-refractivity contribution in [2.24, 2.45) is 10.2 Å². The van der Waals surface area contributed by atoms with E-state index >= 15 is 0 Å². The van der Waals surface area contributed by atoms with Gasteiger partial charge in [0.2, 0.25) is 5.91 Å². The minimum absolute atomic E-state index is 0.0930. The molecule has 2 rings (SSSR count). The highest BCUT2D eigenvalue weighted by molar-refractivity contribution is 6.33. The number of azo groups is 1. The van der Waals surface area contributed by atoms with Crippen LogP contribution in [0.15, 0.2) is 47.1 Å². The van der Waals surface area contributed by atoms with E-state index in [1.165, 1.54) is 20.1 Å². The summed E-state index contributed by atoms with van der Waals surface area (Å²) in [5.41, 5.74) is -0.830. The number of nitro benzene ring substituents is 2. The van der Waals surface area contributed by atoms with E-state index < -0.39 is 27.1 Å². The van der Waals surface area contributed by atoms with Gasteiger partial charge in [-0.05, 0) is 6.07 Å². The summed E-state index contributed by atoms with van der Waals surface area (Å²) in [6.45, 7) is 5.83. The third-order valence-electron chi connectivity index (χ3n) is 4.08. The van der Waals surface area contributed by atoms with Gasteiger partial charge in [-0.3, -0.25) is 25.0 Å². The zero-order valence-corrected chi connectivity index (χ0v) is 19.0. The van der Waals surface area contributed by atoms with Crippen LogP contribution < -0.4 is 15.4 Å². The van der Waals surface area contributed by atoms with Crippen molar-refractivity contribution in [1.82, 2.24) is 0 Å². The largest absolute Gasteiger partial charge is 0.489 e. The van der Waals surface area contributed by atoms with E-state index in [4.69, 9.17) is 21.1 Å². The number of ether oxygens (including phenoxy) is 2. The monoisotopic (exact) mass is 492 g/mol. The molecule has 0 aliphatic rings. The number of benzene rings is 2. The fraction of sp³-hybridized carbons (Fsp3) is 0.250. The predicted octanol–water partition coefficient (Wildman–Crippen LogP) is 5.15. The Labute approximate surface area is 198 Å². The Kier molecular flexibility index (Phi) is 9.40. The van der Waals surface area contributed by atoms with Gasteiger partial charge in [-0.25, -0.2) is 0 Å². The van der Waals surface area contributed by atoms with Crippen molar-refractivity contribution in [3.63, 3.8) is 0 Å². The maximum absolute atomic E-state index is 11.7. The molecule has 0 aliphatic carbocycles. The summed E-state index contributed by atoms with van der Waals surface area (Å²) >= 11 is 6.02. The van der Waals surface area contributed by atoms with Crippen LogP contribution in [0.3, 0.4) is 0 Å². The molecule has 0 radical (unpaired) electrons. The highest BCUT2D eigenvalue weighted by Gasteiger charge is 2.24. The summed E-state index contributed by atoms with van der Waals surface area (Å²) in [5.74, 6) is -0.0650. The third kappa shape index (κ3) is 6.95. The molecule has 2 aromatic carbocycles. The van der Waals surface area contributed by atoms with Crippen molar-refractivity contribution in [2.75, 3.05) is 37.5 Å². The number of anilines is 2. The van der Waals surface area contributed by atoms with Gasteiger partial charge in [-0.15, -0.1) is 16.8 Å². The molecule has 0 aliphatic heterocycles. The summed E-state index contributed by atoms with van der Waals surface area (Å²) in [4.78, 5) is 32.5. The standard InChI is InChI=1S/C20H21ClN6O7/c1-4-5-22-17-10-15(23-12(2)28)16(11-19(17)34-7-6-33-3)24-25-20-14(21)8-13(26(29)30)9-18(20)27(31)32/h4,8-11,22H,1,5-7H2,2-3H3,(H,23,28). The Morgan fingerprint density at radius 1 is 1.15 bits per heavy atom. The minimum atomic E-state index is -0.858. The number of non-ortho nitro benzene ring substituents is 1. The van der Waals surface area contributed by atoms with Gasteiger partial charge in [0.05, 0.1) is 38.9 Å². The number of carbonyl (C=O) groups excluding carboxylic acids is 1. The smallest absolute Gasteiger partial charge is 0.305 e. The summed E-state index contributed by atoms with van der Waals surface area (Å²) in [7, 11) is 1.51. The molecule has 1 amide bonds. The topological polar surface area (TPSA) is 171 Å². The molecule has 13 nitrogen and oxygen atoms in total. The minimum Gasteiger partial charge on any atom is -0.489 e. The van der Waals surface area contributed by atoms with E-state index in [9.17, 15) is 25.0 Å². The second-order valence-corrected chi connectivity index (χ2v) is 6.97. The molecule has 0 heterocycles. The number of nitrogens with zero attached hydrogens (tertiary/aromatic N) is 4. The first-order valence-corrected chi connectivity index (χ1v) is 10.0. The maximum atomic E-state index is 11.7. The van der Waals surface area contributed by atoms with E-state index in [2.05, 4.69) is 27.4 Å². The normalized spacial score (nSPS) is 10.7. The lowest BCUT2D eigenvalue weighted by molar-refractivity contribution is -0.393. The summed E-state index contributed by atoms with van der Waals surface area (Å²) in [5, 5.41) is 35.6. The predicted molar refractivity (Wildman–Crippen MR) is 126 cm³/mol. The fourth-order valence-electron chi connectivity index (χ4n) is 2.63. The number of nitro groups is 2. The zero-order chi connectivity index (χ0) is 25.3. The van der Waals surface area contributed by atoms with Crippen LogP contribution >= 0.6 is 11.6 Å². The van der Waals surface area contributed by atoms with Crippen LogP contribution in [0.2, 0.25) is 5.02 Å². The molecule has 34 heavy (non-hydrogen) atoms. The highest BCUT2D eigenvalue weighted by atomic mass is 35.5. The molecule has 14 heteroatoms. The van der Waals surface area contributed by atoms with Crippen LogP contribution in [0.4, 0.5) is 34.1 Å². The first-order valence-electron chi connectivity index (χ1n) is 9.64. The molecule has 0 spiro atoms. The molecule has 0 unspecified atom stereocenters. The van der Waals surface area contributed by atoms with Crippen LogP contribution in [0, 0.1) is 20.2 Å². The van der Waals surface area contributed by atoms with E-state index in [-0.39, 0.29) is 28.7 Å². The molecule has 0 saturated carbocycles. The van der Waals surface area contributed by atoms with Gasteiger partial charge >= 0.3 is 5.69 Å². The lowest BCUT2D eigenvalue weighted by atomic mass is 10.2. The molecule has 2 aromatic rings. The quantitative estimate of drug-likeness (QED) is 0.134. The summed E-state index contributed by atoms with van der Waals surface area (Å²) < 4.78 is 10.7. The molecule has 0 fully saturated rings. The molecular weight excluding hydrogens is 472 g/mol. The molecule has 2 N–H and O–H groups in total. The number of nitrogens with one attached hydrogen (secondary N) is 2. The first kappa shape index (κ1) is 26.2. The number of methoxy groups -OCH3 is 1. The number of hydrogen-bond donors (Lipinski definition) is 2. The van der Waals surface area contributed by atoms with Gasteiger partial charge in [0.25, 0.3) is 5.69 Å². The van der Waals surface area contributed by atoms with E-state index in [0.717, 1.165) is 12.1 Å². The Morgan fingerprint density at radius 2 is 1.88 bits per heavy atom. The van der Waals surface area contributed by atoms with E-state index in [1.807, 2.05) is 0 Å². The van der Waals surface area contributed by atoms with Crippen LogP contribution in [-0.2, 0) is 9.53 Å². The van der Waals surface area contributed by atoms with Crippen molar-refractivity contribution in [3.05, 3.63) is 62.2 Å². The average molecular weight is 493 g/mol. The molecule has 0 bridgehead atoms. The van der Waals surface area contributed by atoms with Crippen LogP contribution in [-0.4, -0.2) is 42.6 Å². The highest BCUT2D eigenvalue weighted by Crippen LogP contribution is 2.42. The third-order valence-corrected chi connectivity index (χ3v) is 4.37. The zero-order valence-electron chi connectivity index (χ0n) is 18.2. The summed E-state index contributed by atoms with van der Waals surface area (Å²) in [6.07, 6.45) is 1.63. The van der Waals surface area contributed by atoms with E-state index in [1.54, 1.807) is 12.1 Å². The number of hydrogen-bond acceptors (Lipinski definition) is 10. The average Bonchev–Trinajstić information content (AvgIpc) is 2.77. The molecule has 0 aromatic heterocycles. The Hall–Kier alpha value is -4.10. The maximum Gasteiger partial charge on any atom is 0.305 e. The van der Waals surface area contributed by atoms with Gasteiger partial charge in [-0.2, -0.15) is 0 Å². The van der Waals surface area contributed by atoms with Crippen molar-refractivity contribution in [1.29, 1.82) is 0 Å². The molecule has 0 atom stereocenters. The van der Waals surface area contributed by atoms with Gasteiger partial charge in [0.15, 0.2) is 5.69 Å². The van der Waals surface area contributed by atoms with Gasteiger partial charge in [0.1, 0.15) is 18.0 Å². The van der Waals surface area contributed by atoms with Gasteiger partial charge < -0.3 is 20.1 Å². The number of rotatable bonds is 12. The summed E-state index contributed by atoms with van der Waals surface area (Å²) in [6, 6.07) is 4.67. The second kappa shape index (κ2) is 12.2. The van der Waals surface area contributed by atoms with Crippen LogP contribution in [0.1, 0.15) is 6.92 Å². The SMILES string of the molecule is C=CCNc1cc(NC(C)=O)c(N=Nc2c(Cl)cc([N+](=O)[O-])cc2[N+](=O)[O-])cc1OCCOC. The number of amides is 1. The number of halogens is 1. The molecular formula is C20H21ClN6O7. The molecule has 180 valence electrons. The Morgan fingerprint density at radius 3 is 2.47 bits per heavy atom. The Balaban J connectivity index is 2.61. The van der Waals surface area contributed by atoms with Crippen molar-refractivity contribution in [3.8, 4) is 5.75 Å². The Bertz CT molecular complexity index is 1140. The van der Waals surface area contributed by atoms with Gasteiger partial charge in [-0.1, -0.05) is 17.7 Å². The lowest BCUT2D eigenvalue weighted by Crippen LogP contribution is -2.10. The lowest BCUT2D eigenvalue weighted by Gasteiger charge is -2.16. The number of carbonyl (C=O) groups is 1. The van der Waals surface area contributed by atoms with Crippen molar-refractivity contribution >= 4 is 51.6 Å². The van der Waals surface area contributed by atoms with Gasteiger partial charge in [0, 0.05) is 32.7 Å². The van der Waals surface area contributed by atoms with Crippen molar-refractivity contribution in [2.45, 2.75) is 6.92 Å². The van der Waals surface area contributed by atoms with Crippen LogP contribution in [0.25, 0.3) is 0 Å². The molecule has 0 saturated heterocycles. The van der Waals surface area contributed by atoms with Crippen LogP contribution in [0.5, 0.6) is 5.75 Å². The fourth-order valence-corrected chi connectivity index (χ4v) is 2.88.